The molecule has 0 saturated heterocycles. The number of hydrogen-bond donors (Lipinski definition) is 2. The summed E-state index contributed by atoms with van der Waals surface area (Å²) in [7, 11) is -3.86. The summed E-state index contributed by atoms with van der Waals surface area (Å²) < 4.78 is 26.5. The van der Waals surface area contributed by atoms with E-state index in [2.05, 4.69) is 9.71 Å². The van der Waals surface area contributed by atoms with E-state index in [1.54, 1.807) is 0 Å². The number of rotatable bonds is 3. The van der Waals surface area contributed by atoms with Gasteiger partial charge in [-0.15, -0.1) is 0 Å². The number of benzene rings is 1. The molecule has 2 N–H and O–H groups in total. The molecule has 5 nitrogen and oxygen atoms in total. The lowest BCUT2D eigenvalue weighted by Gasteiger charge is -2.10. The smallest absolute Gasteiger partial charge is 0.262 e. The maximum absolute atomic E-state index is 12.1. The predicted octanol–water partition coefficient (Wildman–Crippen LogP) is 3.55. The molecule has 0 amide bonds. The van der Waals surface area contributed by atoms with Crippen molar-refractivity contribution in [3.63, 3.8) is 0 Å². The highest BCUT2D eigenvalue weighted by Crippen LogP contribution is 2.35. The summed E-state index contributed by atoms with van der Waals surface area (Å²) in [6.07, 6.45) is 1.27. The van der Waals surface area contributed by atoms with Gasteiger partial charge >= 0.3 is 0 Å². The van der Waals surface area contributed by atoms with Crippen LogP contribution in [0.5, 0.6) is 5.75 Å². The third-order valence-electron chi connectivity index (χ3n) is 2.28. The van der Waals surface area contributed by atoms with E-state index in [0.29, 0.717) is 0 Å². The average molecular weight is 354 g/mol. The molecule has 0 spiro atoms. The van der Waals surface area contributed by atoms with Gasteiger partial charge in [-0.2, -0.15) is 0 Å². The normalized spacial score (nSPS) is 11.3. The summed E-state index contributed by atoms with van der Waals surface area (Å²) >= 11 is 17.1. The highest BCUT2D eigenvalue weighted by atomic mass is 35.5. The van der Waals surface area contributed by atoms with E-state index < -0.39 is 10.0 Å². The summed E-state index contributed by atoms with van der Waals surface area (Å²) in [4.78, 5) is 3.64. The first-order valence-electron chi connectivity index (χ1n) is 5.12. The quantitative estimate of drug-likeness (QED) is 0.653. The number of aromatic hydroxyl groups is 1. The van der Waals surface area contributed by atoms with Crippen LogP contribution in [0.2, 0.25) is 15.2 Å². The van der Waals surface area contributed by atoms with E-state index >= 15 is 0 Å². The molecular weight excluding hydrogens is 347 g/mol. The summed E-state index contributed by atoms with van der Waals surface area (Å²) in [6.45, 7) is 0. The number of phenols is 1. The van der Waals surface area contributed by atoms with Gasteiger partial charge < -0.3 is 5.11 Å². The van der Waals surface area contributed by atoms with Crippen molar-refractivity contribution in [1.82, 2.24) is 4.98 Å². The van der Waals surface area contributed by atoms with E-state index in [9.17, 15) is 13.5 Å². The van der Waals surface area contributed by atoms with E-state index in [0.717, 1.165) is 0 Å². The topological polar surface area (TPSA) is 79.3 Å². The first-order valence-corrected chi connectivity index (χ1v) is 7.74. The lowest BCUT2D eigenvalue weighted by atomic mass is 10.3. The van der Waals surface area contributed by atoms with Gasteiger partial charge in [0.05, 0.1) is 20.6 Å². The van der Waals surface area contributed by atoms with Gasteiger partial charge in [0.15, 0.2) is 5.75 Å². The molecule has 0 aliphatic heterocycles. The largest absolute Gasteiger partial charge is 0.505 e. The van der Waals surface area contributed by atoms with Crippen LogP contribution in [0.25, 0.3) is 0 Å². The van der Waals surface area contributed by atoms with Crippen LogP contribution in [0.4, 0.5) is 5.69 Å². The van der Waals surface area contributed by atoms with Crippen molar-refractivity contribution in [2.45, 2.75) is 4.90 Å². The number of nitrogens with zero attached hydrogens (tertiary/aromatic N) is 1. The van der Waals surface area contributed by atoms with Gasteiger partial charge in [0.1, 0.15) is 5.15 Å². The Morgan fingerprint density at radius 1 is 1.10 bits per heavy atom. The first-order chi connectivity index (χ1) is 9.29. The Balaban J connectivity index is 2.38. The van der Waals surface area contributed by atoms with Crippen LogP contribution in [0.1, 0.15) is 0 Å². The van der Waals surface area contributed by atoms with Crippen molar-refractivity contribution in [2.75, 3.05) is 4.72 Å². The Kier molecular flexibility index (Phi) is 4.29. The Morgan fingerprint density at radius 3 is 2.25 bits per heavy atom. The van der Waals surface area contributed by atoms with E-state index in [4.69, 9.17) is 34.8 Å². The van der Waals surface area contributed by atoms with Crippen LogP contribution in [-0.4, -0.2) is 18.5 Å². The molecule has 0 aliphatic carbocycles. The highest BCUT2D eigenvalue weighted by Gasteiger charge is 2.16. The van der Waals surface area contributed by atoms with Crippen LogP contribution < -0.4 is 4.72 Å². The number of anilines is 1. The minimum absolute atomic E-state index is 0.0506. The maximum atomic E-state index is 12.1. The zero-order chi connectivity index (χ0) is 14.9. The number of aromatic nitrogens is 1. The third kappa shape index (κ3) is 3.27. The molecule has 0 atom stereocenters. The van der Waals surface area contributed by atoms with Crippen LogP contribution in [0.15, 0.2) is 35.4 Å². The lowest BCUT2D eigenvalue weighted by molar-refractivity contribution is 0.476. The summed E-state index contributed by atoms with van der Waals surface area (Å²) in [6, 6.07) is 4.97. The molecule has 1 heterocycles. The fourth-order valence-electron chi connectivity index (χ4n) is 1.39. The number of pyridine rings is 1. The molecule has 0 aliphatic rings. The molecule has 0 saturated carbocycles. The van der Waals surface area contributed by atoms with E-state index in [1.165, 1.54) is 30.5 Å². The van der Waals surface area contributed by atoms with Gasteiger partial charge in [0.25, 0.3) is 10.0 Å². The van der Waals surface area contributed by atoms with Gasteiger partial charge in [-0.1, -0.05) is 34.8 Å². The van der Waals surface area contributed by atoms with Crippen LogP contribution in [0.3, 0.4) is 0 Å². The molecule has 0 radical (unpaired) electrons. The maximum Gasteiger partial charge on any atom is 0.262 e. The zero-order valence-corrected chi connectivity index (χ0v) is 12.7. The second-order valence-corrected chi connectivity index (χ2v) is 6.59. The van der Waals surface area contributed by atoms with Crippen LogP contribution in [-0.2, 0) is 10.0 Å². The molecule has 106 valence electrons. The molecule has 0 fully saturated rings. The standard InChI is InChI=1S/C11H7Cl3N2O3S/c12-8-3-6(4-9(13)11(8)17)16-20(18,19)7-1-2-15-10(14)5-7/h1-5,16-17H. The van der Waals surface area contributed by atoms with Crippen LogP contribution >= 0.6 is 34.8 Å². The van der Waals surface area contributed by atoms with Crippen molar-refractivity contribution in [1.29, 1.82) is 0 Å². The highest BCUT2D eigenvalue weighted by molar-refractivity contribution is 7.92. The molecule has 0 bridgehead atoms. The average Bonchev–Trinajstić information content (AvgIpc) is 2.35. The molecule has 2 aromatic rings. The number of halogens is 3. The lowest BCUT2D eigenvalue weighted by Crippen LogP contribution is -2.13. The molecule has 1 aromatic heterocycles. The van der Waals surface area contributed by atoms with E-state index in [-0.39, 0.29) is 31.5 Å². The number of nitrogens with one attached hydrogen (secondary N) is 1. The summed E-state index contributed by atoms with van der Waals surface area (Å²) in [5, 5.41) is 9.33. The Morgan fingerprint density at radius 2 is 1.70 bits per heavy atom. The van der Waals surface area contributed by atoms with E-state index in [1.807, 2.05) is 0 Å². The number of phenolic OH excluding ortho intramolecular Hbond substituents is 1. The van der Waals surface area contributed by atoms with Gasteiger partial charge in [0, 0.05) is 6.20 Å². The van der Waals surface area contributed by atoms with Crippen molar-refractivity contribution in [2.24, 2.45) is 0 Å². The second kappa shape index (κ2) is 5.65. The second-order valence-electron chi connectivity index (χ2n) is 3.71. The van der Waals surface area contributed by atoms with Crippen molar-refractivity contribution < 1.29 is 13.5 Å². The van der Waals surface area contributed by atoms with Crippen molar-refractivity contribution in [3.8, 4) is 5.75 Å². The third-order valence-corrected chi connectivity index (χ3v) is 4.44. The fraction of sp³-hybridized carbons (Fsp3) is 0. The van der Waals surface area contributed by atoms with Crippen molar-refractivity contribution in [3.05, 3.63) is 45.7 Å². The minimum atomic E-state index is -3.86. The van der Waals surface area contributed by atoms with Gasteiger partial charge in [-0.3, -0.25) is 4.72 Å². The van der Waals surface area contributed by atoms with Gasteiger partial charge in [-0.05, 0) is 24.3 Å². The SMILES string of the molecule is O=S(=O)(Nc1cc(Cl)c(O)c(Cl)c1)c1ccnc(Cl)c1. The van der Waals surface area contributed by atoms with Gasteiger partial charge in [-0.25, -0.2) is 13.4 Å². The Hall–Kier alpha value is -1.21. The van der Waals surface area contributed by atoms with Gasteiger partial charge in [0.2, 0.25) is 0 Å². The van der Waals surface area contributed by atoms with Crippen molar-refractivity contribution >= 4 is 50.5 Å². The summed E-state index contributed by atoms with van der Waals surface area (Å²) in [5.74, 6) is -0.316. The first kappa shape index (κ1) is 15.2. The predicted molar refractivity (Wildman–Crippen MR) is 78.2 cm³/mol. The summed E-state index contributed by atoms with van der Waals surface area (Å²) in [5.41, 5.74) is 0.116. The molecule has 1 aromatic carbocycles. The minimum Gasteiger partial charge on any atom is -0.505 e. The Labute approximate surface area is 130 Å². The Bertz CT molecular complexity index is 742. The fourth-order valence-corrected chi connectivity index (χ4v) is 3.17. The number of sulfonamides is 1. The zero-order valence-electron chi connectivity index (χ0n) is 9.64. The molecule has 2 rings (SSSR count). The molecule has 9 heteroatoms. The molecular formula is C11H7Cl3N2O3S. The molecule has 0 unspecified atom stereocenters. The monoisotopic (exact) mass is 352 g/mol. The van der Waals surface area contributed by atoms with Crippen LogP contribution in [0, 0.1) is 0 Å². The molecule has 20 heavy (non-hydrogen) atoms. The number of hydrogen-bond acceptors (Lipinski definition) is 4.